The van der Waals surface area contributed by atoms with Crippen molar-refractivity contribution in [3.05, 3.63) is 163 Å². The number of anilines is 4. The molecule has 259 valence electrons. The minimum atomic E-state index is -0.0173. The number of nitrogens with zero attached hydrogens (tertiary/aromatic N) is 4. The number of benzene rings is 5. The molecule has 52 heavy (non-hydrogen) atoms. The molecular weight excluding hydrogens is 817 g/mol. The summed E-state index contributed by atoms with van der Waals surface area (Å²) in [5, 5.41) is 0. The Balaban J connectivity index is 0.000000168. The van der Waals surface area contributed by atoms with Gasteiger partial charge in [0.05, 0.1) is 18.5 Å². The first-order chi connectivity index (χ1) is 24.9. The zero-order valence-corrected chi connectivity index (χ0v) is 32.2. The van der Waals surface area contributed by atoms with Gasteiger partial charge in [-0.3, -0.25) is 0 Å². The van der Waals surface area contributed by atoms with Crippen molar-refractivity contribution in [1.29, 1.82) is 0 Å². The Morgan fingerprint density at radius 1 is 0.596 bits per heavy atom. The van der Waals surface area contributed by atoms with Crippen molar-refractivity contribution >= 4 is 22.7 Å². The van der Waals surface area contributed by atoms with Crippen LogP contribution in [0.1, 0.15) is 25.0 Å². The molecule has 9 rings (SSSR count). The van der Waals surface area contributed by atoms with Crippen LogP contribution in [-0.2, 0) is 25.5 Å². The summed E-state index contributed by atoms with van der Waals surface area (Å²) >= 11 is 0. The van der Waals surface area contributed by atoms with Gasteiger partial charge in [-0.2, -0.15) is 0 Å². The molecule has 1 aliphatic heterocycles. The smallest absolute Gasteiger partial charge is 0.118 e. The predicted octanol–water partition coefficient (Wildman–Crippen LogP) is 10.9. The number of hydrogen-bond donors (Lipinski definition) is 0. The third-order valence-electron chi connectivity index (χ3n) is 10.1. The van der Waals surface area contributed by atoms with Crippen molar-refractivity contribution in [2.24, 2.45) is 0 Å². The summed E-state index contributed by atoms with van der Waals surface area (Å²) < 4.78 is 5.25. The number of para-hydroxylation sites is 2. The van der Waals surface area contributed by atoms with Gasteiger partial charge in [-0.15, -0.1) is 47.5 Å². The maximum atomic E-state index is 5.25. The molecule has 0 saturated carbocycles. The van der Waals surface area contributed by atoms with Crippen LogP contribution in [0.4, 0.5) is 22.7 Å². The van der Waals surface area contributed by atoms with Crippen molar-refractivity contribution in [2.75, 3.05) is 31.0 Å². The van der Waals surface area contributed by atoms with Crippen LogP contribution < -0.4 is 14.5 Å². The molecule has 3 heterocycles. The molecule has 2 aliphatic rings. The SMILES string of the molecule is CC1(C)c2ccccc2-c2cc[c-]c(-c3ccccn3)c21.COc1ccc(-c2ccc(-c3[c-]ccc4c3N(C)c3ccccc3N4C)nc2)cc1.[Ir]. The van der Waals surface area contributed by atoms with Crippen LogP contribution in [0.25, 0.3) is 44.8 Å². The Bertz CT molecular complexity index is 2360. The number of hydrogen-bond acceptors (Lipinski definition) is 5. The van der Waals surface area contributed by atoms with E-state index in [9.17, 15) is 0 Å². The zero-order chi connectivity index (χ0) is 35.1. The molecule has 0 bridgehead atoms. The second-order valence-electron chi connectivity index (χ2n) is 13.4. The Labute approximate surface area is 320 Å². The van der Waals surface area contributed by atoms with Crippen molar-refractivity contribution in [2.45, 2.75) is 19.3 Å². The van der Waals surface area contributed by atoms with Gasteiger partial charge < -0.3 is 24.5 Å². The molecule has 6 heteroatoms. The number of aromatic nitrogens is 2. The Morgan fingerprint density at radius 2 is 1.25 bits per heavy atom. The van der Waals surface area contributed by atoms with Crippen molar-refractivity contribution in [1.82, 2.24) is 9.97 Å². The molecule has 1 radical (unpaired) electrons. The monoisotopic (exact) mass is 855 g/mol. The van der Waals surface area contributed by atoms with E-state index in [0.29, 0.717) is 0 Å². The third kappa shape index (κ3) is 5.98. The minimum absolute atomic E-state index is 0. The van der Waals surface area contributed by atoms with Gasteiger partial charge in [0.1, 0.15) is 5.75 Å². The maximum Gasteiger partial charge on any atom is 0.118 e. The topological polar surface area (TPSA) is 41.5 Å². The van der Waals surface area contributed by atoms with Gasteiger partial charge >= 0.3 is 0 Å². The summed E-state index contributed by atoms with van der Waals surface area (Å²) in [5.74, 6) is 0.848. The van der Waals surface area contributed by atoms with Crippen molar-refractivity contribution < 1.29 is 24.8 Å². The van der Waals surface area contributed by atoms with Gasteiger partial charge in [-0.25, -0.2) is 0 Å². The molecule has 7 aromatic rings. The average Bonchev–Trinajstić information content (AvgIpc) is 3.43. The number of methoxy groups -OCH3 is 1. The molecule has 0 spiro atoms. The number of rotatable bonds is 4. The number of ether oxygens (including phenoxy) is 1. The van der Waals surface area contributed by atoms with E-state index in [1.54, 1.807) is 7.11 Å². The van der Waals surface area contributed by atoms with Crippen LogP contribution in [0.2, 0.25) is 0 Å². The molecule has 0 N–H and O–H groups in total. The van der Waals surface area contributed by atoms with Crippen molar-refractivity contribution in [3.63, 3.8) is 0 Å². The van der Waals surface area contributed by atoms with E-state index in [0.717, 1.165) is 50.8 Å². The molecule has 0 amide bonds. The van der Waals surface area contributed by atoms with Crippen LogP contribution in [0.5, 0.6) is 5.75 Å². The second-order valence-corrected chi connectivity index (χ2v) is 13.4. The first-order valence-electron chi connectivity index (χ1n) is 17.2. The summed E-state index contributed by atoms with van der Waals surface area (Å²) in [4.78, 5) is 13.8. The molecule has 0 unspecified atom stereocenters. The molecular formula is C46H38IrN4O-2. The Morgan fingerprint density at radius 3 is 1.96 bits per heavy atom. The molecule has 0 atom stereocenters. The predicted molar refractivity (Wildman–Crippen MR) is 209 cm³/mol. The van der Waals surface area contributed by atoms with Gasteiger partial charge in [-0.1, -0.05) is 97.8 Å². The summed E-state index contributed by atoms with van der Waals surface area (Å²) in [5.41, 5.74) is 16.2. The van der Waals surface area contributed by atoms with Gasteiger partial charge in [-0.05, 0) is 80.8 Å². The van der Waals surface area contributed by atoms with E-state index in [2.05, 4.69) is 134 Å². The van der Waals surface area contributed by atoms with E-state index in [1.165, 1.54) is 33.6 Å². The van der Waals surface area contributed by atoms with E-state index < -0.39 is 0 Å². The fourth-order valence-electron chi connectivity index (χ4n) is 7.54. The fraction of sp³-hybridized carbons (Fsp3) is 0.130. The maximum absolute atomic E-state index is 5.25. The largest absolute Gasteiger partial charge is 0.497 e. The molecule has 5 aromatic carbocycles. The zero-order valence-electron chi connectivity index (χ0n) is 29.8. The summed E-state index contributed by atoms with van der Waals surface area (Å²) in [6.45, 7) is 4.58. The molecule has 0 fully saturated rings. The normalized spacial score (nSPS) is 13.0. The van der Waals surface area contributed by atoms with Crippen LogP contribution in [0.3, 0.4) is 0 Å². The third-order valence-corrected chi connectivity index (χ3v) is 10.1. The van der Waals surface area contributed by atoms with Crippen LogP contribution >= 0.6 is 0 Å². The van der Waals surface area contributed by atoms with Crippen LogP contribution in [0, 0.1) is 12.1 Å². The first-order valence-corrected chi connectivity index (χ1v) is 17.2. The Kier molecular flexibility index (Phi) is 9.54. The molecule has 2 aromatic heterocycles. The number of pyridine rings is 2. The van der Waals surface area contributed by atoms with E-state index in [1.807, 2.05) is 60.9 Å². The molecule has 0 saturated heterocycles. The first kappa shape index (κ1) is 34.9. The summed E-state index contributed by atoms with van der Waals surface area (Å²) in [7, 11) is 5.89. The van der Waals surface area contributed by atoms with Gasteiger partial charge in [0.2, 0.25) is 0 Å². The Hall–Kier alpha value is -5.55. The standard InChI is InChI=1S/C26H22N3O.C20H16N.Ir/c1-28-23-8-4-5-9-24(23)29(2)26-21(7-6-10-25(26)28)22-16-13-19(17-27-22)18-11-14-20(30-3)15-12-18;1-20(2)17-11-4-3-8-14(17)15-9-7-10-16(19(15)20)18-12-5-6-13-21-18;/h4-6,8-17H,1-3H3;3-9,11-13H,1-2H3;/q2*-1;. The van der Waals surface area contributed by atoms with Gasteiger partial charge in [0.15, 0.2) is 0 Å². The average molecular weight is 855 g/mol. The van der Waals surface area contributed by atoms with Gasteiger partial charge in [0.25, 0.3) is 0 Å². The summed E-state index contributed by atoms with van der Waals surface area (Å²) in [6, 6.07) is 50.5. The minimum Gasteiger partial charge on any atom is -0.497 e. The number of fused-ring (bicyclic) bond motifs is 5. The van der Waals surface area contributed by atoms with E-state index in [-0.39, 0.29) is 25.5 Å². The van der Waals surface area contributed by atoms with E-state index in [4.69, 9.17) is 9.72 Å². The van der Waals surface area contributed by atoms with Crippen molar-refractivity contribution in [3.8, 4) is 50.5 Å². The second kappa shape index (κ2) is 14.2. The molecule has 1 aliphatic carbocycles. The molecule has 5 nitrogen and oxygen atoms in total. The fourth-order valence-corrected chi connectivity index (χ4v) is 7.54. The quantitative estimate of drug-likeness (QED) is 0.165. The van der Waals surface area contributed by atoms with E-state index >= 15 is 0 Å². The van der Waals surface area contributed by atoms with Crippen LogP contribution in [-0.4, -0.2) is 31.2 Å². The van der Waals surface area contributed by atoms with Crippen LogP contribution in [0.15, 0.2) is 140 Å². The van der Waals surface area contributed by atoms with Gasteiger partial charge in [0, 0.05) is 46.6 Å². The summed E-state index contributed by atoms with van der Waals surface area (Å²) in [6.07, 6.45) is 3.77.